The predicted octanol–water partition coefficient (Wildman–Crippen LogP) is 9.42. The summed E-state index contributed by atoms with van der Waals surface area (Å²) in [6, 6.07) is 74.2. The van der Waals surface area contributed by atoms with Crippen LogP contribution in [0.4, 0.5) is 0 Å². The molecule has 274 valence electrons. The third-order valence-electron chi connectivity index (χ3n) is 11.6. The van der Waals surface area contributed by atoms with Crippen LogP contribution in [0.1, 0.15) is 5.56 Å². The molecule has 11 rings (SSSR count). The minimum absolute atomic E-state index is 0.568. The van der Waals surface area contributed by atoms with Crippen LogP contribution in [0.2, 0.25) is 0 Å². The van der Waals surface area contributed by atoms with Gasteiger partial charge in [-0.3, -0.25) is 9.13 Å². The number of aromatic nitrogens is 5. The molecule has 3 aromatic heterocycles. The van der Waals surface area contributed by atoms with Gasteiger partial charge in [-0.25, -0.2) is 0 Å². The molecule has 58 heavy (non-hydrogen) atoms. The first kappa shape index (κ1) is 33.9. The Kier molecular flexibility index (Phi) is 7.98. The summed E-state index contributed by atoms with van der Waals surface area (Å²) >= 11 is 0. The largest absolute Gasteiger partial charge is 0.278 e. The van der Waals surface area contributed by atoms with E-state index in [2.05, 4.69) is 222 Å². The molecule has 6 heteroatoms. The Morgan fingerprint density at radius 2 is 0.724 bits per heavy atom. The smallest absolute Gasteiger partial charge is 0.240 e. The van der Waals surface area contributed by atoms with Crippen molar-refractivity contribution in [2.24, 2.45) is 0 Å². The van der Waals surface area contributed by atoms with Crippen LogP contribution in [0.3, 0.4) is 0 Å². The third-order valence-corrected chi connectivity index (χ3v) is 16.3. The number of benzene rings is 8. The summed E-state index contributed by atoms with van der Waals surface area (Å²) in [6.45, 7) is 2.19. The number of rotatable bonds is 7. The average Bonchev–Trinajstić information content (AvgIpc) is 3.81. The zero-order chi connectivity index (χ0) is 38.6. The van der Waals surface area contributed by atoms with E-state index in [1.54, 1.807) is 0 Å². The summed E-state index contributed by atoms with van der Waals surface area (Å²) in [5, 5.41) is 9.83. The van der Waals surface area contributed by atoms with Gasteiger partial charge in [0.05, 0.1) is 22.1 Å². The molecule has 8 aromatic carbocycles. The van der Waals surface area contributed by atoms with Crippen molar-refractivity contribution in [2.45, 2.75) is 6.92 Å². The highest BCUT2D eigenvalue weighted by Crippen LogP contribution is 2.34. The molecule has 3 heterocycles. The molecular weight excluding hydrogens is 723 g/mol. The van der Waals surface area contributed by atoms with Gasteiger partial charge in [-0.2, -0.15) is 15.0 Å². The lowest BCUT2D eigenvalue weighted by Gasteiger charge is -2.34. The monoisotopic (exact) mass is 759 g/mol. The van der Waals surface area contributed by atoms with E-state index in [-0.39, 0.29) is 0 Å². The molecule has 0 saturated carbocycles. The Balaban J connectivity index is 1.23. The second-order valence-corrected chi connectivity index (χ2v) is 18.7. The van der Waals surface area contributed by atoms with Gasteiger partial charge >= 0.3 is 0 Å². The number of aryl methyl sites for hydroxylation is 1. The van der Waals surface area contributed by atoms with Crippen molar-refractivity contribution in [1.29, 1.82) is 0 Å². The Morgan fingerprint density at radius 3 is 1.17 bits per heavy atom. The van der Waals surface area contributed by atoms with E-state index in [0.717, 1.165) is 49.2 Å². The van der Waals surface area contributed by atoms with Crippen LogP contribution in [0.25, 0.3) is 66.9 Å². The highest BCUT2D eigenvalue weighted by atomic mass is 28.3. The summed E-state index contributed by atoms with van der Waals surface area (Å²) in [7, 11) is -2.86. The highest BCUT2D eigenvalue weighted by Gasteiger charge is 2.41. The van der Waals surface area contributed by atoms with Crippen molar-refractivity contribution in [2.75, 3.05) is 0 Å². The molecule has 0 fully saturated rings. The highest BCUT2D eigenvalue weighted by molar-refractivity contribution is 7.19. The Labute approximate surface area is 337 Å². The van der Waals surface area contributed by atoms with E-state index in [0.29, 0.717) is 17.7 Å². The first-order valence-corrected chi connectivity index (χ1v) is 21.7. The maximum atomic E-state index is 5.41. The fourth-order valence-corrected chi connectivity index (χ4v) is 14.0. The quantitative estimate of drug-likeness (QED) is 0.120. The van der Waals surface area contributed by atoms with E-state index in [9.17, 15) is 0 Å². The van der Waals surface area contributed by atoms with Crippen molar-refractivity contribution in [3.63, 3.8) is 0 Å². The van der Waals surface area contributed by atoms with Crippen LogP contribution in [0, 0.1) is 6.92 Å². The topological polar surface area (TPSA) is 48.5 Å². The van der Waals surface area contributed by atoms with Crippen molar-refractivity contribution in [3.8, 4) is 23.3 Å². The summed E-state index contributed by atoms with van der Waals surface area (Å²) in [5.41, 5.74) is 6.34. The number of hydrogen-bond acceptors (Lipinski definition) is 3. The zero-order valence-electron chi connectivity index (χ0n) is 31.9. The summed E-state index contributed by atoms with van der Waals surface area (Å²) in [6.07, 6.45) is 0. The predicted molar refractivity (Wildman–Crippen MR) is 242 cm³/mol. The summed E-state index contributed by atoms with van der Waals surface area (Å²) in [4.78, 5) is 16.2. The number of hydrogen-bond donors (Lipinski definition) is 0. The molecule has 0 amide bonds. The van der Waals surface area contributed by atoms with Crippen molar-refractivity contribution in [3.05, 3.63) is 212 Å². The second kappa shape index (κ2) is 13.7. The van der Waals surface area contributed by atoms with Gasteiger partial charge in [0.1, 0.15) is 0 Å². The van der Waals surface area contributed by atoms with Crippen LogP contribution >= 0.6 is 0 Å². The van der Waals surface area contributed by atoms with Crippen LogP contribution in [-0.2, 0) is 0 Å². The Bertz CT molecular complexity index is 3030. The molecule has 5 nitrogen and oxygen atoms in total. The van der Waals surface area contributed by atoms with Crippen LogP contribution < -0.4 is 20.7 Å². The fourth-order valence-electron chi connectivity index (χ4n) is 9.11. The van der Waals surface area contributed by atoms with Crippen molar-refractivity contribution >= 4 is 72.4 Å². The van der Waals surface area contributed by atoms with Crippen molar-refractivity contribution in [1.82, 2.24) is 24.1 Å². The van der Waals surface area contributed by atoms with Gasteiger partial charge in [0.25, 0.3) is 0 Å². The van der Waals surface area contributed by atoms with Gasteiger partial charge in [-0.1, -0.05) is 188 Å². The van der Waals surface area contributed by atoms with E-state index in [1.807, 2.05) is 0 Å². The molecule has 0 radical (unpaired) electrons. The molecule has 11 aromatic rings. The van der Waals surface area contributed by atoms with Crippen LogP contribution in [0.15, 0.2) is 206 Å². The number of fused-ring (bicyclic) bond motifs is 6. The SMILES string of the molecule is Cc1cccc([Si](c2ccccc2)(c2ccccc2)c2cccc(-c3nc(-n4c5ccccc5c5ccccc54)nc(-n4c5ccccc5c5ccccc54)n3)c2)c1. The molecule has 0 unspecified atom stereocenters. The molecule has 0 aliphatic rings. The molecule has 0 spiro atoms. The van der Waals surface area contributed by atoms with Gasteiger partial charge in [-0.15, -0.1) is 0 Å². The lowest BCUT2D eigenvalue weighted by Crippen LogP contribution is -2.74. The second-order valence-electron chi connectivity index (χ2n) is 14.9. The first-order valence-electron chi connectivity index (χ1n) is 19.7. The lowest BCUT2D eigenvalue weighted by molar-refractivity contribution is 0.893. The maximum Gasteiger partial charge on any atom is 0.240 e. The summed E-state index contributed by atoms with van der Waals surface area (Å²) < 4.78 is 4.38. The van der Waals surface area contributed by atoms with Gasteiger partial charge in [0, 0.05) is 27.1 Å². The standard InChI is InChI=1S/C52H37N5Si/c1-36-18-16-24-40(34-36)58(38-20-4-2-5-21-38,39-22-6-3-7-23-39)41-25-17-19-37(35-41)50-53-51(56-46-30-12-8-26-42(46)43-27-9-13-31-47(43)56)55-52(54-50)57-48-32-14-10-28-44(48)45-29-11-15-33-49(45)57/h2-35H,1H3. The van der Waals surface area contributed by atoms with Gasteiger partial charge < -0.3 is 0 Å². The third kappa shape index (κ3) is 5.26. The summed E-state index contributed by atoms with van der Waals surface area (Å²) in [5.74, 6) is 1.75. The minimum atomic E-state index is -2.86. The van der Waals surface area contributed by atoms with Crippen molar-refractivity contribution < 1.29 is 0 Å². The molecule has 0 N–H and O–H groups in total. The molecule has 0 aliphatic carbocycles. The van der Waals surface area contributed by atoms with E-state index < -0.39 is 8.07 Å². The lowest BCUT2D eigenvalue weighted by atomic mass is 10.2. The normalized spacial score (nSPS) is 11.9. The fraction of sp³-hybridized carbons (Fsp3) is 0.0192. The van der Waals surface area contributed by atoms with Crippen LogP contribution in [0.5, 0.6) is 0 Å². The Morgan fingerprint density at radius 1 is 0.345 bits per heavy atom. The van der Waals surface area contributed by atoms with Crippen LogP contribution in [-0.4, -0.2) is 32.2 Å². The molecule has 0 atom stereocenters. The molecule has 0 bridgehead atoms. The molecular formula is C52H37N5Si. The maximum absolute atomic E-state index is 5.41. The van der Waals surface area contributed by atoms with E-state index >= 15 is 0 Å². The zero-order valence-corrected chi connectivity index (χ0v) is 32.9. The van der Waals surface area contributed by atoms with Gasteiger partial charge in [-0.05, 0) is 51.9 Å². The minimum Gasteiger partial charge on any atom is -0.278 e. The number of para-hydroxylation sites is 4. The van der Waals surface area contributed by atoms with E-state index in [1.165, 1.54) is 26.3 Å². The first-order chi connectivity index (χ1) is 28.7. The molecule has 0 saturated heterocycles. The van der Waals surface area contributed by atoms with Gasteiger partial charge in [0.15, 0.2) is 13.9 Å². The molecule has 0 aliphatic heterocycles. The number of nitrogens with zero attached hydrogens (tertiary/aromatic N) is 5. The van der Waals surface area contributed by atoms with E-state index in [4.69, 9.17) is 15.0 Å². The average molecular weight is 760 g/mol. The van der Waals surface area contributed by atoms with Gasteiger partial charge in [0.2, 0.25) is 11.9 Å². The Hall–Kier alpha value is -7.41.